The zero-order chi connectivity index (χ0) is 15.4. The average Bonchev–Trinajstić information content (AvgIpc) is 2.98. The molecule has 2 aromatic rings. The van der Waals surface area contributed by atoms with Gasteiger partial charge in [-0.2, -0.15) is 5.10 Å². The SMILES string of the molecule is CCc1nn(C)c(Cn2ccnc2CNCC(C)C)c1Br. The largest absolute Gasteiger partial charge is 0.328 e. The van der Waals surface area contributed by atoms with Crippen molar-refractivity contribution in [3.63, 3.8) is 0 Å². The van der Waals surface area contributed by atoms with Gasteiger partial charge in [0.25, 0.3) is 0 Å². The van der Waals surface area contributed by atoms with Crippen LogP contribution in [-0.4, -0.2) is 25.9 Å². The van der Waals surface area contributed by atoms with Crippen LogP contribution in [0.4, 0.5) is 0 Å². The topological polar surface area (TPSA) is 47.7 Å². The number of imidazole rings is 1. The van der Waals surface area contributed by atoms with Gasteiger partial charge in [0.05, 0.1) is 29.0 Å². The molecule has 0 radical (unpaired) electrons. The fraction of sp³-hybridized carbons (Fsp3) is 0.600. The van der Waals surface area contributed by atoms with Crippen molar-refractivity contribution in [2.45, 2.75) is 40.3 Å². The number of nitrogens with zero attached hydrogens (tertiary/aromatic N) is 4. The highest BCUT2D eigenvalue weighted by molar-refractivity contribution is 9.10. The van der Waals surface area contributed by atoms with E-state index in [2.05, 4.69) is 56.7 Å². The van der Waals surface area contributed by atoms with Crippen LogP contribution < -0.4 is 5.32 Å². The van der Waals surface area contributed by atoms with E-state index in [9.17, 15) is 0 Å². The Morgan fingerprint density at radius 1 is 1.38 bits per heavy atom. The van der Waals surface area contributed by atoms with E-state index in [4.69, 9.17) is 0 Å². The number of hydrogen-bond donors (Lipinski definition) is 1. The maximum absolute atomic E-state index is 4.54. The van der Waals surface area contributed by atoms with E-state index in [0.717, 1.165) is 42.0 Å². The summed E-state index contributed by atoms with van der Waals surface area (Å²) in [4.78, 5) is 4.45. The van der Waals surface area contributed by atoms with Gasteiger partial charge in [0.15, 0.2) is 0 Å². The second-order valence-electron chi connectivity index (χ2n) is 5.68. The average molecular weight is 354 g/mol. The first-order chi connectivity index (χ1) is 10.0. The Morgan fingerprint density at radius 3 is 2.76 bits per heavy atom. The van der Waals surface area contributed by atoms with E-state index in [1.54, 1.807) is 0 Å². The van der Waals surface area contributed by atoms with E-state index in [-0.39, 0.29) is 0 Å². The van der Waals surface area contributed by atoms with E-state index < -0.39 is 0 Å². The van der Waals surface area contributed by atoms with Crippen LogP contribution in [-0.2, 0) is 26.6 Å². The smallest absolute Gasteiger partial charge is 0.123 e. The summed E-state index contributed by atoms with van der Waals surface area (Å²) in [7, 11) is 1.99. The van der Waals surface area contributed by atoms with Gasteiger partial charge in [-0.15, -0.1) is 0 Å². The minimum absolute atomic E-state index is 0.645. The van der Waals surface area contributed by atoms with Gasteiger partial charge in [0.1, 0.15) is 5.82 Å². The summed E-state index contributed by atoms with van der Waals surface area (Å²) in [5, 5.41) is 7.99. The predicted octanol–water partition coefficient (Wildman–Crippen LogP) is 2.74. The van der Waals surface area contributed by atoms with Gasteiger partial charge in [-0.25, -0.2) is 4.98 Å². The fourth-order valence-electron chi connectivity index (χ4n) is 2.28. The summed E-state index contributed by atoms with van der Waals surface area (Å²) >= 11 is 3.67. The quantitative estimate of drug-likeness (QED) is 0.832. The highest BCUT2D eigenvalue weighted by Crippen LogP contribution is 2.22. The van der Waals surface area contributed by atoms with E-state index in [0.29, 0.717) is 5.92 Å². The monoisotopic (exact) mass is 353 g/mol. The molecule has 2 heterocycles. The normalized spacial score (nSPS) is 11.5. The molecule has 0 saturated heterocycles. The first-order valence-corrected chi connectivity index (χ1v) is 8.23. The molecule has 21 heavy (non-hydrogen) atoms. The van der Waals surface area contributed by atoms with Gasteiger partial charge < -0.3 is 9.88 Å². The Bertz CT molecular complexity index is 585. The Labute approximate surface area is 134 Å². The number of nitrogens with one attached hydrogen (secondary N) is 1. The molecule has 0 bridgehead atoms. The molecule has 0 aliphatic rings. The summed E-state index contributed by atoms with van der Waals surface area (Å²) in [5.74, 6) is 1.70. The molecule has 2 aromatic heterocycles. The molecule has 0 aliphatic heterocycles. The van der Waals surface area contributed by atoms with Gasteiger partial charge in [-0.3, -0.25) is 4.68 Å². The molecule has 0 unspecified atom stereocenters. The zero-order valence-corrected chi connectivity index (χ0v) is 14.8. The molecule has 0 fully saturated rings. The zero-order valence-electron chi connectivity index (χ0n) is 13.2. The van der Waals surface area contributed by atoms with Gasteiger partial charge in [-0.1, -0.05) is 20.8 Å². The summed E-state index contributed by atoms with van der Waals surface area (Å²) in [5.41, 5.74) is 2.28. The fourth-order valence-corrected chi connectivity index (χ4v) is 3.02. The molecule has 116 valence electrons. The van der Waals surface area contributed by atoms with Crippen LogP contribution in [0.2, 0.25) is 0 Å². The number of halogens is 1. The number of hydrogen-bond acceptors (Lipinski definition) is 3. The third-order valence-corrected chi connectivity index (χ3v) is 4.38. The number of rotatable bonds is 7. The van der Waals surface area contributed by atoms with Crippen LogP contribution in [0, 0.1) is 5.92 Å². The molecule has 0 saturated carbocycles. The molecular weight excluding hydrogens is 330 g/mol. The predicted molar refractivity (Wildman–Crippen MR) is 88.2 cm³/mol. The lowest BCUT2D eigenvalue weighted by Gasteiger charge is -2.11. The van der Waals surface area contributed by atoms with Crippen molar-refractivity contribution >= 4 is 15.9 Å². The van der Waals surface area contributed by atoms with Crippen molar-refractivity contribution in [2.75, 3.05) is 6.54 Å². The second kappa shape index (κ2) is 7.22. The Hall–Kier alpha value is -1.14. The lowest BCUT2D eigenvalue weighted by atomic mass is 10.2. The molecule has 2 rings (SSSR count). The van der Waals surface area contributed by atoms with Crippen molar-refractivity contribution in [3.8, 4) is 0 Å². The van der Waals surface area contributed by atoms with Crippen LogP contribution >= 0.6 is 15.9 Å². The lowest BCUT2D eigenvalue weighted by molar-refractivity contribution is 0.530. The maximum atomic E-state index is 4.54. The van der Waals surface area contributed by atoms with Gasteiger partial charge >= 0.3 is 0 Å². The number of aromatic nitrogens is 4. The molecular formula is C15H24BrN5. The van der Waals surface area contributed by atoms with E-state index >= 15 is 0 Å². The van der Waals surface area contributed by atoms with Crippen molar-refractivity contribution in [1.29, 1.82) is 0 Å². The minimum atomic E-state index is 0.645. The van der Waals surface area contributed by atoms with E-state index in [1.165, 1.54) is 5.69 Å². The van der Waals surface area contributed by atoms with Gasteiger partial charge in [-0.05, 0) is 34.8 Å². The van der Waals surface area contributed by atoms with Crippen LogP contribution in [0.3, 0.4) is 0 Å². The number of aryl methyl sites for hydroxylation is 2. The molecule has 0 atom stereocenters. The first-order valence-electron chi connectivity index (χ1n) is 7.43. The highest BCUT2D eigenvalue weighted by Gasteiger charge is 2.14. The Kier molecular flexibility index (Phi) is 5.58. The van der Waals surface area contributed by atoms with Crippen molar-refractivity contribution in [2.24, 2.45) is 13.0 Å². The van der Waals surface area contributed by atoms with Crippen LogP contribution in [0.15, 0.2) is 16.9 Å². The standard InChI is InChI=1S/C15H24BrN5/c1-5-12-15(16)13(20(4)19-12)10-21-7-6-18-14(21)9-17-8-11(2)3/h6-7,11,17H,5,8-10H2,1-4H3. The molecule has 1 N–H and O–H groups in total. The maximum Gasteiger partial charge on any atom is 0.123 e. The van der Waals surface area contributed by atoms with E-state index in [1.807, 2.05) is 24.1 Å². The van der Waals surface area contributed by atoms with Crippen LogP contribution in [0.25, 0.3) is 0 Å². The molecule has 0 aromatic carbocycles. The molecule has 0 amide bonds. The van der Waals surface area contributed by atoms with Crippen molar-refractivity contribution < 1.29 is 0 Å². The summed E-state index contributed by atoms with van der Waals surface area (Å²) in [6, 6.07) is 0. The Morgan fingerprint density at radius 2 is 2.14 bits per heavy atom. The van der Waals surface area contributed by atoms with Crippen molar-refractivity contribution in [3.05, 3.63) is 34.1 Å². The molecule has 6 heteroatoms. The molecule has 0 spiro atoms. The van der Waals surface area contributed by atoms with Crippen molar-refractivity contribution in [1.82, 2.24) is 24.6 Å². The van der Waals surface area contributed by atoms with Crippen LogP contribution in [0.5, 0.6) is 0 Å². The summed E-state index contributed by atoms with van der Waals surface area (Å²) in [6.07, 6.45) is 4.82. The third-order valence-electron chi connectivity index (χ3n) is 3.46. The first kappa shape index (κ1) is 16.2. The second-order valence-corrected chi connectivity index (χ2v) is 6.47. The van der Waals surface area contributed by atoms with Gasteiger partial charge in [0.2, 0.25) is 0 Å². The highest BCUT2D eigenvalue weighted by atomic mass is 79.9. The summed E-state index contributed by atoms with van der Waals surface area (Å²) in [6.45, 7) is 9.11. The summed E-state index contributed by atoms with van der Waals surface area (Å²) < 4.78 is 5.24. The third kappa shape index (κ3) is 3.95. The lowest BCUT2D eigenvalue weighted by Crippen LogP contribution is -2.21. The molecule has 0 aliphatic carbocycles. The molecule has 5 nitrogen and oxygen atoms in total. The Balaban J connectivity index is 2.10. The minimum Gasteiger partial charge on any atom is -0.328 e. The van der Waals surface area contributed by atoms with Crippen LogP contribution in [0.1, 0.15) is 38.0 Å². The van der Waals surface area contributed by atoms with Gasteiger partial charge in [0, 0.05) is 19.4 Å².